The number of hydrogen-bond acceptors (Lipinski definition) is 3. The first-order valence-electron chi connectivity index (χ1n) is 6.64. The van der Waals surface area contributed by atoms with Gasteiger partial charge in [-0.05, 0) is 30.7 Å². The van der Waals surface area contributed by atoms with Crippen molar-refractivity contribution in [3.63, 3.8) is 0 Å². The maximum absolute atomic E-state index is 12.6. The van der Waals surface area contributed by atoms with Crippen LogP contribution in [0.4, 0.5) is 0 Å². The Labute approximate surface area is 118 Å². The quantitative estimate of drug-likeness (QED) is 0.305. The maximum atomic E-state index is 12.6. The molecule has 4 heteroatoms. The number of pyridine rings is 1. The van der Waals surface area contributed by atoms with Crippen LogP contribution in [0, 0.1) is 6.92 Å². The molecule has 21 heavy (non-hydrogen) atoms. The zero-order valence-electron chi connectivity index (χ0n) is 11.3. The molecular formula is C17H11NO3. The minimum absolute atomic E-state index is 0.0757. The Bertz CT molecular complexity index is 1140. The number of fused-ring (bicyclic) bond motifs is 4. The lowest BCUT2D eigenvalue weighted by Crippen LogP contribution is -2.14. The first-order valence-corrected chi connectivity index (χ1v) is 6.64. The third-order valence-electron chi connectivity index (χ3n) is 3.79. The van der Waals surface area contributed by atoms with Crippen molar-refractivity contribution >= 4 is 32.8 Å². The molecule has 0 bridgehead atoms. The van der Waals surface area contributed by atoms with Gasteiger partial charge in [-0.1, -0.05) is 24.3 Å². The van der Waals surface area contributed by atoms with E-state index in [0.29, 0.717) is 22.0 Å². The normalized spacial score (nSPS) is 11.5. The van der Waals surface area contributed by atoms with Gasteiger partial charge in [-0.3, -0.25) is 4.79 Å². The second-order valence-electron chi connectivity index (χ2n) is 5.09. The SMILES string of the molecule is Cc1cccc2c1oc(=O)c1c(=O)c3ccccc3[nH]c12. The molecule has 0 aliphatic heterocycles. The van der Waals surface area contributed by atoms with E-state index in [9.17, 15) is 9.59 Å². The highest BCUT2D eigenvalue weighted by Gasteiger charge is 2.14. The van der Waals surface area contributed by atoms with Gasteiger partial charge in [-0.2, -0.15) is 0 Å². The third-order valence-corrected chi connectivity index (χ3v) is 3.79. The molecule has 0 saturated heterocycles. The maximum Gasteiger partial charge on any atom is 0.349 e. The molecule has 2 aromatic heterocycles. The Morgan fingerprint density at radius 1 is 0.952 bits per heavy atom. The Hall–Kier alpha value is -2.88. The second kappa shape index (κ2) is 4.06. The Balaban J connectivity index is 2.42. The average Bonchev–Trinajstić information content (AvgIpc) is 2.48. The molecule has 4 rings (SSSR count). The van der Waals surface area contributed by atoms with Crippen molar-refractivity contribution < 1.29 is 4.42 Å². The summed E-state index contributed by atoms with van der Waals surface area (Å²) in [5.41, 5.74) is 1.73. The molecular weight excluding hydrogens is 266 g/mol. The summed E-state index contributed by atoms with van der Waals surface area (Å²) >= 11 is 0. The molecule has 0 fully saturated rings. The lowest BCUT2D eigenvalue weighted by atomic mass is 10.1. The zero-order valence-corrected chi connectivity index (χ0v) is 11.3. The van der Waals surface area contributed by atoms with Crippen LogP contribution in [0.2, 0.25) is 0 Å². The number of hydrogen-bond donors (Lipinski definition) is 1. The standard InChI is InChI=1S/C17H11NO3/c1-9-5-4-7-11-14-13(17(20)21-16(9)11)15(19)10-6-2-3-8-12(10)18-14/h2-8H,1H3,(H,18,19). The fourth-order valence-electron chi connectivity index (χ4n) is 2.76. The van der Waals surface area contributed by atoms with Crippen molar-refractivity contribution in [1.82, 2.24) is 4.98 Å². The Morgan fingerprint density at radius 2 is 1.71 bits per heavy atom. The summed E-state index contributed by atoms with van der Waals surface area (Å²) in [7, 11) is 0. The fourth-order valence-corrected chi connectivity index (χ4v) is 2.76. The molecule has 0 atom stereocenters. The zero-order chi connectivity index (χ0) is 14.6. The topological polar surface area (TPSA) is 63.1 Å². The van der Waals surface area contributed by atoms with E-state index in [-0.39, 0.29) is 10.8 Å². The number of H-pyrrole nitrogens is 1. The van der Waals surface area contributed by atoms with Crippen molar-refractivity contribution in [2.24, 2.45) is 0 Å². The van der Waals surface area contributed by atoms with Crippen LogP contribution in [0.15, 0.2) is 56.5 Å². The molecule has 0 saturated carbocycles. The van der Waals surface area contributed by atoms with Gasteiger partial charge in [0.05, 0.1) is 5.52 Å². The molecule has 2 heterocycles. The summed E-state index contributed by atoms with van der Waals surface area (Å²) in [5.74, 6) is 0. The van der Waals surface area contributed by atoms with Crippen molar-refractivity contribution in [1.29, 1.82) is 0 Å². The van der Waals surface area contributed by atoms with E-state index < -0.39 is 5.63 Å². The average molecular weight is 277 g/mol. The molecule has 0 unspecified atom stereocenters. The van der Waals surface area contributed by atoms with Crippen molar-refractivity contribution in [2.75, 3.05) is 0 Å². The molecule has 4 nitrogen and oxygen atoms in total. The lowest BCUT2D eigenvalue weighted by Gasteiger charge is -2.06. The van der Waals surface area contributed by atoms with E-state index in [1.54, 1.807) is 12.1 Å². The molecule has 0 radical (unpaired) electrons. The van der Waals surface area contributed by atoms with Crippen LogP contribution in [0.1, 0.15) is 5.56 Å². The minimum Gasteiger partial charge on any atom is -0.422 e. The van der Waals surface area contributed by atoms with E-state index in [0.717, 1.165) is 10.9 Å². The predicted molar refractivity (Wildman–Crippen MR) is 82.9 cm³/mol. The van der Waals surface area contributed by atoms with Gasteiger partial charge in [-0.15, -0.1) is 0 Å². The van der Waals surface area contributed by atoms with Gasteiger partial charge in [0.2, 0.25) is 5.43 Å². The lowest BCUT2D eigenvalue weighted by molar-refractivity contribution is 0.567. The smallest absolute Gasteiger partial charge is 0.349 e. The highest BCUT2D eigenvalue weighted by atomic mass is 16.4. The number of benzene rings is 2. The second-order valence-corrected chi connectivity index (χ2v) is 5.09. The first kappa shape index (κ1) is 11.9. The Kier molecular flexibility index (Phi) is 2.30. The molecule has 0 aliphatic rings. The van der Waals surface area contributed by atoms with E-state index in [1.807, 2.05) is 37.3 Å². The van der Waals surface area contributed by atoms with Crippen LogP contribution in [0.25, 0.3) is 32.8 Å². The summed E-state index contributed by atoms with van der Waals surface area (Å²) in [6.45, 7) is 1.87. The Morgan fingerprint density at radius 3 is 2.57 bits per heavy atom. The van der Waals surface area contributed by atoms with Gasteiger partial charge in [0.1, 0.15) is 11.0 Å². The van der Waals surface area contributed by atoms with Gasteiger partial charge >= 0.3 is 5.63 Å². The molecule has 102 valence electrons. The highest BCUT2D eigenvalue weighted by molar-refractivity contribution is 6.06. The van der Waals surface area contributed by atoms with Crippen molar-refractivity contribution in [3.05, 3.63) is 68.7 Å². The first-order chi connectivity index (χ1) is 10.2. The van der Waals surface area contributed by atoms with E-state index in [4.69, 9.17) is 4.42 Å². The molecule has 2 aromatic carbocycles. The minimum atomic E-state index is -0.598. The number of aryl methyl sites for hydroxylation is 1. The van der Waals surface area contributed by atoms with Crippen LogP contribution in [-0.4, -0.2) is 4.98 Å². The summed E-state index contributed by atoms with van der Waals surface area (Å²) in [4.78, 5) is 28.0. The van der Waals surface area contributed by atoms with E-state index in [1.165, 1.54) is 0 Å². The van der Waals surface area contributed by atoms with Crippen molar-refractivity contribution in [2.45, 2.75) is 6.92 Å². The third kappa shape index (κ3) is 1.56. The van der Waals surface area contributed by atoms with Gasteiger partial charge in [-0.25, -0.2) is 4.79 Å². The molecule has 1 N–H and O–H groups in total. The fraction of sp³-hybridized carbons (Fsp3) is 0.0588. The summed E-state index contributed by atoms with van der Waals surface area (Å²) in [6.07, 6.45) is 0. The summed E-state index contributed by atoms with van der Waals surface area (Å²) < 4.78 is 5.36. The van der Waals surface area contributed by atoms with Gasteiger partial charge in [0.15, 0.2) is 0 Å². The van der Waals surface area contributed by atoms with Crippen LogP contribution < -0.4 is 11.1 Å². The number of para-hydroxylation sites is 2. The molecule has 0 aliphatic carbocycles. The van der Waals surface area contributed by atoms with E-state index >= 15 is 0 Å². The number of aromatic amines is 1. The molecule has 0 spiro atoms. The van der Waals surface area contributed by atoms with Crippen LogP contribution in [0.3, 0.4) is 0 Å². The monoisotopic (exact) mass is 277 g/mol. The van der Waals surface area contributed by atoms with Gasteiger partial charge in [0.25, 0.3) is 0 Å². The molecule has 4 aromatic rings. The van der Waals surface area contributed by atoms with Crippen LogP contribution >= 0.6 is 0 Å². The van der Waals surface area contributed by atoms with E-state index in [2.05, 4.69) is 4.98 Å². The van der Waals surface area contributed by atoms with Crippen molar-refractivity contribution in [3.8, 4) is 0 Å². The predicted octanol–water partition coefficient (Wildman–Crippen LogP) is 3.10. The van der Waals surface area contributed by atoms with Gasteiger partial charge in [0, 0.05) is 16.3 Å². The molecule has 0 amide bonds. The van der Waals surface area contributed by atoms with Crippen LogP contribution in [-0.2, 0) is 0 Å². The van der Waals surface area contributed by atoms with Gasteiger partial charge < -0.3 is 9.40 Å². The highest BCUT2D eigenvalue weighted by Crippen LogP contribution is 2.23. The number of nitrogens with one attached hydrogen (secondary N) is 1. The van der Waals surface area contributed by atoms with Crippen LogP contribution in [0.5, 0.6) is 0 Å². The largest absolute Gasteiger partial charge is 0.422 e. The summed E-state index contributed by atoms with van der Waals surface area (Å²) in [6, 6.07) is 12.7. The summed E-state index contributed by atoms with van der Waals surface area (Å²) in [5, 5.41) is 1.31. The number of aromatic nitrogens is 1. The number of rotatable bonds is 0.